The van der Waals surface area contributed by atoms with Crippen LogP contribution in [0.2, 0.25) is 0 Å². The third-order valence-electron chi connectivity index (χ3n) is 2.87. The molecule has 0 saturated carbocycles. The normalized spacial score (nSPS) is 11.2. The lowest BCUT2D eigenvalue weighted by Crippen LogP contribution is -2.13. The summed E-state index contributed by atoms with van der Waals surface area (Å²) in [6.45, 7) is 0. The summed E-state index contributed by atoms with van der Waals surface area (Å²) in [6.07, 6.45) is 5.16. The van der Waals surface area contributed by atoms with Gasteiger partial charge in [0.25, 0.3) is 10.0 Å². The second-order valence-corrected chi connectivity index (χ2v) is 6.40. The first-order valence-electron chi connectivity index (χ1n) is 6.69. The molecule has 0 spiro atoms. The zero-order valence-electron chi connectivity index (χ0n) is 12.4. The van der Waals surface area contributed by atoms with Crippen molar-refractivity contribution in [2.75, 3.05) is 4.72 Å². The van der Waals surface area contributed by atoms with Gasteiger partial charge < -0.3 is 9.30 Å². The maximum Gasteiger partial charge on any atom is 0.322 e. The standard InChI is InChI=1S/C14H12FN5O3S/c1-20-8-13(18-9-20)24(21,22)19-10-6-16-14(17-7-10)23-12-5-3-2-4-11(12)15/h2-9,19H,1H3. The zero-order chi connectivity index (χ0) is 17.2. The maximum absolute atomic E-state index is 13.5. The number of anilines is 1. The number of nitrogens with zero attached hydrogens (tertiary/aromatic N) is 4. The summed E-state index contributed by atoms with van der Waals surface area (Å²) in [5.41, 5.74) is 0.126. The Labute approximate surface area is 137 Å². The molecule has 10 heteroatoms. The zero-order valence-corrected chi connectivity index (χ0v) is 13.2. The van der Waals surface area contributed by atoms with Crippen LogP contribution in [0.4, 0.5) is 10.1 Å². The molecule has 24 heavy (non-hydrogen) atoms. The number of nitrogens with one attached hydrogen (secondary N) is 1. The summed E-state index contributed by atoms with van der Waals surface area (Å²) in [7, 11) is -2.18. The summed E-state index contributed by atoms with van der Waals surface area (Å²) in [4.78, 5) is 11.5. The van der Waals surface area contributed by atoms with Crippen LogP contribution in [0.5, 0.6) is 11.8 Å². The van der Waals surface area contributed by atoms with E-state index in [1.54, 1.807) is 13.1 Å². The van der Waals surface area contributed by atoms with Crippen LogP contribution in [0.25, 0.3) is 0 Å². The van der Waals surface area contributed by atoms with Gasteiger partial charge in [0, 0.05) is 13.2 Å². The van der Waals surface area contributed by atoms with E-state index < -0.39 is 15.8 Å². The molecule has 124 valence electrons. The Kier molecular flexibility index (Phi) is 4.13. The summed E-state index contributed by atoms with van der Waals surface area (Å²) >= 11 is 0. The first-order chi connectivity index (χ1) is 11.4. The Morgan fingerprint density at radius 3 is 2.50 bits per heavy atom. The number of aromatic nitrogens is 4. The summed E-state index contributed by atoms with van der Waals surface area (Å²) in [5, 5.41) is -0.128. The van der Waals surface area contributed by atoms with Crippen LogP contribution < -0.4 is 9.46 Å². The molecule has 0 saturated heterocycles. The van der Waals surface area contributed by atoms with Crippen molar-refractivity contribution in [3.63, 3.8) is 0 Å². The molecular weight excluding hydrogens is 337 g/mol. The summed E-state index contributed by atoms with van der Waals surface area (Å²) in [5.74, 6) is -0.583. The van der Waals surface area contributed by atoms with E-state index in [1.807, 2.05) is 0 Å². The quantitative estimate of drug-likeness (QED) is 0.756. The Morgan fingerprint density at radius 2 is 1.88 bits per heavy atom. The summed E-state index contributed by atoms with van der Waals surface area (Å²) < 4.78 is 46.7. The van der Waals surface area contributed by atoms with Crippen molar-refractivity contribution < 1.29 is 17.5 Å². The largest absolute Gasteiger partial charge is 0.421 e. The van der Waals surface area contributed by atoms with Gasteiger partial charge in [-0.3, -0.25) is 4.72 Å². The lowest BCUT2D eigenvalue weighted by molar-refractivity contribution is 0.411. The topological polar surface area (TPSA) is 99.0 Å². The number of benzene rings is 1. The number of hydrogen-bond acceptors (Lipinski definition) is 6. The Hall–Kier alpha value is -3.01. The van der Waals surface area contributed by atoms with E-state index in [1.165, 1.54) is 47.7 Å². The molecule has 3 aromatic rings. The fraction of sp³-hybridized carbons (Fsp3) is 0.0714. The molecule has 0 atom stereocenters. The average Bonchev–Trinajstić information content (AvgIpc) is 2.99. The number of sulfonamides is 1. The number of imidazole rings is 1. The number of ether oxygens (including phenoxy) is 1. The van der Waals surface area contributed by atoms with Gasteiger partial charge >= 0.3 is 6.01 Å². The molecule has 3 rings (SSSR count). The van der Waals surface area contributed by atoms with Crippen molar-refractivity contribution >= 4 is 15.7 Å². The monoisotopic (exact) mass is 349 g/mol. The Balaban J connectivity index is 1.74. The van der Waals surface area contributed by atoms with E-state index in [2.05, 4.69) is 19.7 Å². The van der Waals surface area contributed by atoms with Gasteiger partial charge in [0.05, 0.1) is 24.4 Å². The molecule has 0 aliphatic rings. The van der Waals surface area contributed by atoms with E-state index in [-0.39, 0.29) is 22.5 Å². The third-order valence-corrected chi connectivity index (χ3v) is 4.14. The summed E-state index contributed by atoms with van der Waals surface area (Å²) in [6, 6.07) is 5.69. The second kappa shape index (κ2) is 6.24. The molecule has 2 aromatic heterocycles. The molecule has 0 unspecified atom stereocenters. The predicted molar refractivity (Wildman–Crippen MR) is 82.5 cm³/mol. The molecule has 0 fully saturated rings. The smallest absolute Gasteiger partial charge is 0.322 e. The molecular formula is C14H12FN5O3S. The molecule has 0 amide bonds. The average molecular weight is 349 g/mol. The molecule has 0 bridgehead atoms. The van der Waals surface area contributed by atoms with Crippen LogP contribution in [-0.4, -0.2) is 27.9 Å². The Morgan fingerprint density at radius 1 is 1.17 bits per heavy atom. The first kappa shape index (κ1) is 15.9. The molecule has 0 radical (unpaired) electrons. The highest BCUT2D eigenvalue weighted by Crippen LogP contribution is 2.21. The SMILES string of the molecule is Cn1cnc(S(=O)(=O)Nc2cnc(Oc3ccccc3F)nc2)c1. The number of rotatable bonds is 5. The van der Waals surface area contributed by atoms with Crippen molar-refractivity contribution in [1.82, 2.24) is 19.5 Å². The van der Waals surface area contributed by atoms with Gasteiger partial charge in [0.2, 0.25) is 0 Å². The highest BCUT2D eigenvalue weighted by atomic mass is 32.2. The lowest BCUT2D eigenvalue weighted by atomic mass is 10.3. The third kappa shape index (κ3) is 3.49. The van der Waals surface area contributed by atoms with Crippen LogP contribution >= 0.6 is 0 Å². The van der Waals surface area contributed by atoms with Crippen LogP contribution in [-0.2, 0) is 17.1 Å². The highest BCUT2D eigenvalue weighted by molar-refractivity contribution is 7.92. The van der Waals surface area contributed by atoms with Gasteiger partial charge in [0.1, 0.15) is 0 Å². The minimum Gasteiger partial charge on any atom is -0.421 e. The minimum atomic E-state index is -3.83. The fourth-order valence-corrected chi connectivity index (χ4v) is 2.79. The minimum absolute atomic E-state index is 0.0284. The molecule has 2 heterocycles. The van der Waals surface area contributed by atoms with Crippen molar-refractivity contribution in [2.24, 2.45) is 7.05 Å². The highest BCUT2D eigenvalue weighted by Gasteiger charge is 2.17. The van der Waals surface area contributed by atoms with E-state index in [4.69, 9.17) is 4.74 Å². The Bertz CT molecular complexity index is 957. The first-order valence-corrected chi connectivity index (χ1v) is 8.17. The van der Waals surface area contributed by atoms with Gasteiger partial charge in [-0.15, -0.1) is 0 Å². The number of para-hydroxylation sites is 1. The van der Waals surface area contributed by atoms with Crippen molar-refractivity contribution in [3.05, 3.63) is 55.0 Å². The van der Waals surface area contributed by atoms with Gasteiger partial charge in [-0.25, -0.2) is 19.3 Å². The molecule has 8 nitrogen and oxygen atoms in total. The van der Waals surface area contributed by atoms with Gasteiger partial charge in [0.15, 0.2) is 16.6 Å². The van der Waals surface area contributed by atoms with E-state index in [0.29, 0.717) is 0 Å². The molecule has 1 aromatic carbocycles. The molecule has 0 aliphatic carbocycles. The number of hydrogen-bond donors (Lipinski definition) is 1. The van der Waals surface area contributed by atoms with Crippen molar-refractivity contribution in [3.8, 4) is 11.8 Å². The van der Waals surface area contributed by atoms with Crippen LogP contribution in [0.15, 0.2) is 54.2 Å². The van der Waals surface area contributed by atoms with E-state index >= 15 is 0 Å². The maximum atomic E-state index is 13.5. The predicted octanol–water partition coefficient (Wildman–Crippen LogP) is 1.94. The van der Waals surface area contributed by atoms with Gasteiger partial charge in [-0.05, 0) is 12.1 Å². The van der Waals surface area contributed by atoms with Gasteiger partial charge in [-0.2, -0.15) is 8.42 Å². The van der Waals surface area contributed by atoms with Crippen LogP contribution in [0, 0.1) is 5.82 Å². The van der Waals surface area contributed by atoms with Crippen molar-refractivity contribution in [1.29, 1.82) is 0 Å². The molecule has 0 aliphatic heterocycles. The van der Waals surface area contributed by atoms with E-state index in [0.717, 1.165) is 0 Å². The van der Waals surface area contributed by atoms with Crippen LogP contribution in [0.3, 0.4) is 0 Å². The lowest BCUT2D eigenvalue weighted by Gasteiger charge is -2.07. The molecule has 1 N–H and O–H groups in total. The van der Waals surface area contributed by atoms with Crippen LogP contribution in [0.1, 0.15) is 0 Å². The van der Waals surface area contributed by atoms with E-state index in [9.17, 15) is 12.8 Å². The van der Waals surface area contributed by atoms with Crippen molar-refractivity contribution in [2.45, 2.75) is 5.03 Å². The number of aryl methyl sites for hydroxylation is 1. The fourth-order valence-electron chi connectivity index (χ4n) is 1.78. The van der Waals surface area contributed by atoms with Gasteiger partial charge in [-0.1, -0.05) is 12.1 Å². The number of halogens is 1. The second-order valence-electron chi connectivity index (χ2n) is 4.77.